The molecule has 0 saturated carbocycles. The van der Waals surface area contributed by atoms with Gasteiger partial charge in [0.2, 0.25) is 0 Å². The predicted octanol–water partition coefficient (Wildman–Crippen LogP) is 11.4. The first-order chi connectivity index (χ1) is 14.8. The van der Waals surface area contributed by atoms with Crippen LogP contribution in [-0.2, 0) is 0 Å². The molecule has 0 unspecified atom stereocenters. The molecule has 0 aliphatic heterocycles. The van der Waals surface area contributed by atoms with E-state index in [1.54, 1.807) is 12.1 Å². The fourth-order valence-corrected chi connectivity index (χ4v) is 16.4. The lowest BCUT2D eigenvalue weighted by Gasteiger charge is -2.29. The maximum atomic E-state index is 2.75. The number of allylic oxidation sites excluding steroid dienone is 2. The molecule has 0 aliphatic carbocycles. The van der Waals surface area contributed by atoms with Gasteiger partial charge in [-0.15, -0.1) is 0 Å². The zero-order chi connectivity index (χ0) is 23.8. The van der Waals surface area contributed by atoms with E-state index in [1.807, 2.05) is 5.57 Å². The van der Waals surface area contributed by atoms with Crippen molar-refractivity contribution in [2.75, 3.05) is 0 Å². The van der Waals surface area contributed by atoms with Crippen LogP contribution in [0.1, 0.15) is 94.4 Å². The van der Waals surface area contributed by atoms with Crippen LogP contribution >= 0.6 is 0 Å². The lowest BCUT2D eigenvalue weighted by atomic mass is 10.0. The fraction of sp³-hybridized carbons (Fsp3) is 0.929. The van der Waals surface area contributed by atoms with Gasteiger partial charge in [-0.3, -0.25) is 0 Å². The molecule has 0 aliphatic rings. The summed E-state index contributed by atoms with van der Waals surface area (Å²) >= 11 is 0. The van der Waals surface area contributed by atoms with Gasteiger partial charge in [-0.2, -0.15) is 0 Å². The molecule has 3 heteroatoms. The van der Waals surface area contributed by atoms with Gasteiger partial charge >= 0.3 is 0 Å². The van der Waals surface area contributed by atoms with Crippen molar-refractivity contribution >= 4 is 24.2 Å². The molecule has 0 aromatic rings. The summed E-state index contributed by atoms with van der Waals surface area (Å²) in [5, 5.41) is 0. The zero-order valence-corrected chi connectivity index (χ0v) is 26.6. The van der Waals surface area contributed by atoms with Gasteiger partial charge in [-0.05, 0) is 19.3 Å². The molecule has 0 heterocycles. The maximum Gasteiger partial charge on any atom is 0.0530 e. The summed E-state index contributed by atoms with van der Waals surface area (Å²) < 4.78 is 0. The van der Waals surface area contributed by atoms with Crippen molar-refractivity contribution < 1.29 is 0 Å². The largest absolute Gasteiger partial charge is 0.0856 e. The van der Waals surface area contributed by atoms with Crippen LogP contribution in [0.5, 0.6) is 0 Å². The Morgan fingerprint density at radius 1 is 0.452 bits per heavy atom. The highest BCUT2D eigenvalue weighted by Crippen LogP contribution is 2.32. The SMILES string of the molecule is CC[Si](CC)(CC)CCC=C(CCC[Si](CC)(CC)CC)CCC[Si](CC)(CC)CC. The Morgan fingerprint density at radius 3 is 1.03 bits per heavy atom. The molecule has 0 spiro atoms. The maximum absolute atomic E-state index is 2.75. The molecule has 0 saturated heterocycles. The van der Waals surface area contributed by atoms with Crippen LogP contribution in [0.15, 0.2) is 11.6 Å². The number of hydrogen-bond acceptors (Lipinski definition) is 0. The standard InChI is InChI=1S/C28H62Si3/c1-10-29(11-2,12-3)25-19-22-28(23-20-26-30(13-4,14-5)15-6)24-21-27-31(16-7,17-8)18-9/h22H,10-21,23-27H2,1-9H3. The van der Waals surface area contributed by atoms with E-state index in [1.165, 1.54) is 92.5 Å². The van der Waals surface area contributed by atoms with E-state index >= 15 is 0 Å². The lowest BCUT2D eigenvalue weighted by Crippen LogP contribution is -2.31. The van der Waals surface area contributed by atoms with Crippen LogP contribution in [0.2, 0.25) is 72.5 Å². The first kappa shape index (κ1) is 31.4. The van der Waals surface area contributed by atoms with E-state index in [9.17, 15) is 0 Å². The Hall–Kier alpha value is 0.391. The zero-order valence-electron chi connectivity index (χ0n) is 23.6. The smallest absolute Gasteiger partial charge is 0.0530 e. The first-order valence-corrected chi connectivity index (χ1v) is 23.0. The minimum atomic E-state index is -0.972. The van der Waals surface area contributed by atoms with Gasteiger partial charge in [0, 0.05) is 0 Å². The molecule has 31 heavy (non-hydrogen) atoms. The molecular weight excluding hydrogens is 421 g/mol. The topological polar surface area (TPSA) is 0 Å². The van der Waals surface area contributed by atoms with E-state index in [0.29, 0.717) is 0 Å². The molecule has 186 valence electrons. The van der Waals surface area contributed by atoms with Gasteiger partial charge in [-0.1, -0.05) is 159 Å². The summed E-state index contributed by atoms with van der Waals surface area (Å²) in [6, 6.07) is 18.1. The summed E-state index contributed by atoms with van der Waals surface area (Å²) in [4.78, 5) is 0. The van der Waals surface area contributed by atoms with Crippen molar-refractivity contribution in [2.45, 2.75) is 167 Å². The highest BCUT2D eigenvalue weighted by atomic mass is 28.3. The summed E-state index contributed by atoms with van der Waals surface area (Å²) in [6.07, 6.45) is 9.90. The number of hydrogen-bond donors (Lipinski definition) is 0. The monoisotopic (exact) mass is 482 g/mol. The van der Waals surface area contributed by atoms with Crippen molar-refractivity contribution in [1.82, 2.24) is 0 Å². The second-order valence-corrected chi connectivity index (χ2v) is 27.7. The minimum absolute atomic E-state index is 0.955. The average Bonchev–Trinajstić information content (AvgIpc) is 2.83. The summed E-state index contributed by atoms with van der Waals surface area (Å²) in [6.45, 7) is 22.3. The Bertz CT molecular complexity index is 404. The van der Waals surface area contributed by atoms with Crippen molar-refractivity contribution in [2.24, 2.45) is 0 Å². The molecule has 0 radical (unpaired) electrons. The molecule has 0 fully saturated rings. The van der Waals surface area contributed by atoms with Gasteiger partial charge in [0.15, 0.2) is 0 Å². The third kappa shape index (κ3) is 10.5. The average molecular weight is 483 g/mol. The second kappa shape index (κ2) is 16.9. The van der Waals surface area contributed by atoms with E-state index in [0.717, 1.165) is 0 Å². The molecule has 0 amide bonds. The highest BCUT2D eigenvalue weighted by Gasteiger charge is 2.28. The van der Waals surface area contributed by atoms with E-state index in [-0.39, 0.29) is 0 Å². The van der Waals surface area contributed by atoms with E-state index in [4.69, 9.17) is 0 Å². The van der Waals surface area contributed by atoms with Crippen LogP contribution in [0.3, 0.4) is 0 Å². The van der Waals surface area contributed by atoms with Crippen LogP contribution in [0.4, 0.5) is 0 Å². The molecule has 0 rings (SSSR count). The molecule has 0 N–H and O–H groups in total. The van der Waals surface area contributed by atoms with Gasteiger partial charge < -0.3 is 0 Å². The third-order valence-electron chi connectivity index (χ3n) is 10.3. The minimum Gasteiger partial charge on any atom is -0.0856 e. The molecule has 0 aromatic carbocycles. The van der Waals surface area contributed by atoms with Crippen molar-refractivity contribution in [3.63, 3.8) is 0 Å². The quantitative estimate of drug-likeness (QED) is 0.119. The summed E-state index contributed by atoms with van der Waals surface area (Å²) in [7, 11) is -2.88. The molecule has 0 bridgehead atoms. The Morgan fingerprint density at radius 2 is 0.742 bits per heavy atom. The van der Waals surface area contributed by atoms with E-state index < -0.39 is 24.2 Å². The van der Waals surface area contributed by atoms with Gasteiger partial charge in [0.05, 0.1) is 24.2 Å². The Balaban J connectivity index is 5.11. The molecule has 0 aromatic heterocycles. The normalized spacial score (nSPS) is 12.9. The van der Waals surface area contributed by atoms with Crippen molar-refractivity contribution in [3.8, 4) is 0 Å². The first-order valence-electron chi connectivity index (χ1n) is 14.5. The lowest BCUT2D eigenvalue weighted by molar-refractivity contribution is 0.774. The fourth-order valence-electron chi connectivity index (χ4n) is 6.13. The van der Waals surface area contributed by atoms with Crippen LogP contribution in [0.25, 0.3) is 0 Å². The van der Waals surface area contributed by atoms with Crippen molar-refractivity contribution in [1.29, 1.82) is 0 Å². The molecule has 0 nitrogen and oxygen atoms in total. The van der Waals surface area contributed by atoms with Crippen molar-refractivity contribution in [3.05, 3.63) is 11.6 Å². The summed E-state index contributed by atoms with van der Waals surface area (Å²) in [5.41, 5.74) is 1.85. The molecular formula is C28H62Si3. The van der Waals surface area contributed by atoms with Crippen LogP contribution in [-0.4, -0.2) is 24.2 Å². The number of rotatable bonds is 20. The molecule has 0 atom stereocenters. The van der Waals surface area contributed by atoms with Crippen LogP contribution < -0.4 is 0 Å². The third-order valence-corrected chi connectivity index (χ3v) is 27.9. The van der Waals surface area contributed by atoms with Gasteiger partial charge in [0.1, 0.15) is 0 Å². The van der Waals surface area contributed by atoms with Gasteiger partial charge in [-0.25, -0.2) is 0 Å². The van der Waals surface area contributed by atoms with Gasteiger partial charge in [0.25, 0.3) is 0 Å². The summed E-state index contributed by atoms with van der Waals surface area (Å²) in [5.74, 6) is 0. The Kier molecular flexibility index (Phi) is 17.1. The van der Waals surface area contributed by atoms with E-state index in [2.05, 4.69) is 68.4 Å². The second-order valence-electron chi connectivity index (χ2n) is 10.8. The highest BCUT2D eigenvalue weighted by molar-refractivity contribution is 6.80. The predicted molar refractivity (Wildman–Crippen MR) is 157 cm³/mol. The Labute approximate surface area is 202 Å². The van der Waals surface area contributed by atoms with Crippen LogP contribution in [0, 0.1) is 0 Å².